The molecule has 0 fully saturated rings. The summed E-state index contributed by atoms with van der Waals surface area (Å²) in [6, 6.07) is 6.60. The molecule has 0 bridgehead atoms. The maximum Gasteiger partial charge on any atom is 0.0377 e. The van der Waals surface area contributed by atoms with Crippen molar-refractivity contribution in [1.82, 2.24) is 0 Å². The largest absolute Gasteiger partial charge is 0.384 e. The van der Waals surface area contributed by atoms with E-state index in [0.717, 1.165) is 12.5 Å². The average molecular weight is 296 g/mol. The van der Waals surface area contributed by atoms with Crippen molar-refractivity contribution in [3.8, 4) is 0 Å². The predicted octanol–water partition coefficient (Wildman–Crippen LogP) is 5.17. The van der Waals surface area contributed by atoms with Crippen LogP contribution >= 0.6 is 15.9 Å². The summed E-state index contributed by atoms with van der Waals surface area (Å²) in [5.41, 5.74) is 2.84. The van der Waals surface area contributed by atoms with Crippen molar-refractivity contribution in [2.45, 2.75) is 45.4 Å². The van der Waals surface area contributed by atoms with Gasteiger partial charge in [0.05, 0.1) is 0 Å². The SMILES string of the molecule is CCCCCC(C)C1CNc2ccc(Br)cc21. The lowest BCUT2D eigenvalue weighted by Crippen LogP contribution is -2.12. The van der Waals surface area contributed by atoms with E-state index in [1.54, 1.807) is 0 Å². The van der Waals surface area contributed by atoms with E-state index in [-0.39, 0.29) is 0 Å². The first kappa shape index (κ1) is 12.9. The Kier molecular flexibility index (Phi) is 4.49. The third-order valence-electron chi connectivity index (χ3n) is 3.88. The highest BCUT2D eigenvalue weighted by Gasteiger charge is 2.26. The van der Waals surface area contributed by atoms with Gasteiger partial charge in [0, 0.05) is 22.6 Å². The van der Waals surface area contributed by atoms with Crippen molar-refractivity contribution in [2.24, 2.45) is 5.92 Å². The molecular weight excluding hydrogens is 274 g/mol. The Morgan fingerprint density at radius 1 is 1.41 bits per heavy atom. The molecule has 2 atom stereocenters. The van der Waals surface area contributed by atoms with Gasteiger partial charge in [0.2, 0.25) is 0 Å². The lowest BCUT2D eigenvalue weighted by molar-refractivity contribution is 0.430. The molecule has 1 aliphatic rings. The fourth-order valence-electron chi connectivity index (χ4n) is 2.76. The van der Waals surface area contributed by atoms with E-state index in [0.29, 0.717) is 5.92 Å². The molecule has 1 heterocycles. The molecule has 0 spiro atoms. The van der Waals surface area contributed by atoms with Crippen LogP contribution in [0.2, 0.25) is 0 Å². The molecular formula is C15H22BrN. The van der Waals surface area contributed by atoms with Gasteiger partial charge in [0.25, 0.3) is 0 Å². The van der Waals surface area contributed by atoms with E-state index in [1.807, 2.05) is 0 Å². The molecule has 1 aromatic carbocycles. The normalized spacial score (nSPS) is 19.8. The molecule has 1 aliphatic heterocycles. The van der Waals surface area contributed by atoms with Crippen LogP contribution in [-0.2, 0) is 0 Å². The molecule has 0 saturated heterocycles. The van der Waals surface area contributed by atoms with Gasteiger partial charge >= 0.3 is 0 Å². The Balaban J connectivity index is 2.02. The first-order valence-corrected chi connectivity index (χ1v) is 7.55. The van der Waals surface area contributed by atoms with Crippen LogP contribution in [0.25, 0.3) is 0 Å². The van der Waals surface area contributed by atoms with Gasteiger partial charge in [-0.05, 0) is 29.7 Å². The summed E-state index contributed by atoms with van der Waals surface area (Å²) in [5.74, 6) is 1.48. The number of fused-ring (bicyclic) bond motifs is 1. The van der Waals surface area contributed by atoms with Gasteiger partial charge in [0.1, 0.15) is 0 Å². The van der Waals surface area contributed by atoms with Crippen LogP contribution in [0.1, 0.15) is 51.0 Å². The molecule has 2 unspecified atom stereocenters. The maximum atomic E-state index is 3.58. The fourth-order valence-corrected chi connectivity index (χ4v) is 3.14. The fraction of sp³-hybridized carbons (Fsp3) is 0.600. The third-order valence-corrected chi connectivity index (χ3v) is 4.37. The zero-order valence-electron chi connectivity index (χ0n) is 10.8. The second kappa shape index (κ2) is 5.90. The Bertz CT molecular complexity index is 375. The minimum Gasteiger partial charge on any atom is -0.384 e. The van der Waals surface area contributed by atoms with Crippen molar-refractivity contribution in [3.63, 3.8) is 0 Å². The van der Waals surface area contributed by atoms with E-state index in [4.69, 9.17) is 0 Å². The second-order valence-corrected chi connectivity index (χ2v) is 6.11. The number of benzene rings is 1. The highest BCUT2D eigenvalue weighted by atomic mass is 79.9. The van der Waals surface area contributed by atoms with E-state index in [1.165, 1.54) is 41.4 Å². The molecule has 0 radical (unpaired) electrons. The summed E-state index contributed by atoms with van der Waals surface area (Å²) in [4.78, 5) is 0. The summed E-state index contributed by atoms with van der Waals surface area (Å²) in [6.45, 7) is 5.78. The van der Waals surface area contributed by atoms with Gasteiger partial charge in [-0.2, -0.15) is 0 Å². The van der Waals surface area contributed by atoms with Gasteiger partial charge < -0.3 is 5.32 Å². The lowest BCUT2D eigenvalue weighted by atomic mass is 9.85. The van der Waals surface area contributed by atoms with Crippen LogP contribution in [0, 0.1) is 5.92 Å². The number of nitrogens with one attached hydrogen (secondary N) is 1. The molecule has 17 heavy (non-hydrogen) atoms. The minimum absolute atomic E-state index is 0.694. The van der Waals surface area contributed by atoms with E-state index < -0.39 is 0 Å². The Hall–Kier alpha value is -0.500. The van der Waals surface area contributed by atoms with Crippen LogP contribution in [0.15, 0.2) is 22.7 Å². The second-order valence-electron chi connectivity index (χ2n) is 5.19. The topological polar surface area (TPSA) is 12.0 Å². The summed E-state index contributed by atoms with van der Waals surface area (Å²) in [5, 5.41) is 3.53. The number of rotatable bonds is 5. The first-order chi connectivity index (χ1) is 8.22. The van der Waals surface area contributed by atoms with Gasteiger partial charge in [0.15, 0.2) is 0 Å². The average Bonchev–Trinajstić information content (AvgIpc) is 2.72. The van der Waals surface area contributed by atoms with Gasteiger partial charge in [-0.15, -0.1) is 0 Å². The molecule has 0 saturated carbocycles. The van der Waals surface area contributed by atoms with Crippen LogP contribution in [0.3, 0.4) is 0 Å². The molecule has 2 heteroatoms. The van der Waals surface area contributed by atoms with E-state index in [2.05, 4.69) is 53.3 Å². The maximum absolute atomic E-state index is 3.58. The zero-order valence-corrected chi connectivity index (χ0v) is 12.4. The summed E-state index contributed by atoms with van der Waals surface area (Å²) >= 11 is 3.58. The van der Waals surface area contributed by atoms with E-state index >= 15 is 0 Å². The lowest BCUT2D eigenvalue weighted by Gasteiger charge is -2.19. The molecule has 94 valence electrons. The number of hydrogen-bond acceptors (Lipinski definition) is 1. The standard InChI is InChI=1S/C15H22BrN/c1-3-4-5-6-11(2)14-10-17-15-8-7-12(16)9-13(14)15/h7-9,11,14,17H,3-6,10H2,1-2H3. The summed E-state index contributed by atoms with van der Waals surface area (Å²) in [6.07, 6.45) is 5.41. The van der Waals surface area contributed by atoms with Gasteiger partial charge in [-0.1, -0.05) is 55.5 Å². The summed E-state index contributed by atoms with van der Waals surface area (Å²) < 4.78 is 1.20. The quantitative estimate of drug-likeness (QED) is 0.739. The monoisotopic (exact) mass is 295 g/mol. The minimum atomic E-state index is 0.694. The predicted molar refractivity (Wildman–Crippen MR) is 78.7 cm³/mol. The zero-order chi connectivity index (χ0) is 12.3. The molecule has 1 N–H and O–H groups in total. The van der Waals surface area contributed by atoms with Crippen LogP contribution in [0.4, 0.5) is 5.69 Å². The Morgan fingerprint density at radius 2 is 2.24 bits per heavy atom. The Labute approximate surface area is 113 Å². The first-order valence-electron chi connectivity index (χ1n) is 6.75. The van der Waals surface area contributed by atoms with Gasteiger partial charge in [-0.25, -0.2) is 0 Å². The number of anilines is 1. The molecule has 0 aliphatic carbocycles. The van der Waals surface area contributed by atoms with Crippen molar-refractivity contribution < 1.29 is 0 Å². The van der Waals surface area contributed by atoms with Crippen molar-refractivity contribution in [3.05, 3.63) is 28.2 Å². The Morgan fingerprint density at radius 3 is 3.00 bits per heavy atom. The molecule has 2 rings (SSSR count). The molecule has 0 amide bonds. The van der Waals surface area contributed by atoms with Crippen molar-refractivity contribution in [1.29, 1.82) is 0 Å². The van der Waals surface area contributed by atoms with Gasteiger partial charge in [-0.3, -0.25) is 0 Å². The molecule has 0 aromatic heterocycles. The van der Waals surface area contributed by atoms with E-state index in [9.17, 15) is 0 Å². The smallest absolute Gasteiger partial charge is 0.0377 e. The number of halogens is 1. The van der Waals surface area contributed by atoms with Crippen molar-refractivity contribution in [2.75, 3.05) is 11.9 Å². The highest BCUT2D eigenvalue weighted by Crippen LogP contribution is 2.39. The van der Waals surface area contributed by atoms with Crippen LogP contribution < -0.4 is 5.32 Å². The molecule has 1 aromatic rings. The van der Waals surface area contributed by atoms with Crippen LogP contribution in [-0.4, -0.2) is 6.54 Å². The van der Waals surface area contributed by atoms with Crippen LogP contribution in [0.5, 0.6) is 0 Å². The third kappa shape index (κ3) is 3.04. The molecule has 1 nitrogen and oxygen atoms in total. The highest BCUT2D eigenvalue weighted by molar-refractivity contribution is 9.10. The van der Waals surface area contributed by atoms with Crippen molar-refractivity contribution >= 4 is 21.6 Å². The number of hydrogen-bond donors (Lipinski definition) is 1. The number of unbranched alkanes of at least 4 members (excludes halogenated alkanes) is 2. The summed E-state index contributed by atoms with van der Waals surface area (Å²) in [7, 11) is 0.